The van der Waals surface area contributed by atoms with Crippen LogP contribution >= 0.6 is 0 Å². The number of hydrogen-bond acceptors (Lipinski definition) is 5. The lowest BCUT2D eigenvalue weighted by molar-refractivity contribution is 0.0917. The van der Waals surface area contributed by atoms with Crippen LogP contribution in [-0.4, -0.2) is 40.2 Å². The van der Waals surface area contributed by atoms with Crippen molar-refractivity contribution in [3.8, 4) is 0 Å². The van der Waals surface area contributed by atoms with E-state index in [0.717, 1.165) is 6.26 Å². The van der Waals surface area contributed by atoms with Gasteiger partial charge in [-0.2, -0.15) is 0 Å². The number of nitrogens with one attached hydrogen (secondary N) is 2. The zero-order valence-electron chi connectivity index (χ0n) is 9.98. The first-order chi connectivity index (χ1) is 7.84. The van der Waals surface area contributed by atoms with Gasteiger partial charge in [-0.1, -0.05) is 0 Å². The summed E-state index contributed by atoms with van der Waals surface area (Å²) in [5, 5.41) is 5.38. The molecule has 1 amide bonds. The van der Waals surface area contributed by atoms with Gasteiger partial charge in [0.2, 0.25) is 14.9 Å². The normalized spacial score (nSPS) is 13.4. The Bertz CT molecular complexity index is 492. The van der Waals surface area contributed by atoms with Gasteiger partial charge in [-0.3, -0.25) is 4.79 Å². The molecule has 0 saturated heterocycles. The van der Waals surface area contributed by atoms with Crippen LogP contribution in [0.4, 0.5) is 0 Å². The molecule has 0 aliphatic heterocycles. The zero-order chi connectivity index (χ0) is 13.1. The minimum absolute atomic E-state index is 0.00581. The fraction of sp³-hybridized carbons (Fsp3) is 0.500. The fourth-order valence-corrected chi connectivity index (χ4v) is 1.63. The second-order valence-corrected chi connectivity index (χ2v) is 5.74. The van der Waals surface area contributed by atoms with Gasteiger partial charge in [0, 0.05) is 18.8 Å². The molecule has 0 aromatic carbocycles. The van der Waals surface area contributed by atoms with Gasteiger partial charge in [0.05, 0.1) is 0 Å². The van der Waals surface area contributed by atoms with Crippen molar-refractivity contribution < 1.29 is 17.6 Å². The van der Waals surface area contributed by atoms with E-state index >= 15 is 0 Å². The molecule has 1 rings (SSSR count). The maximum absolute atomic E-state index is 11.6. The average Bonchev–Trinajstić information content (AvgIpc) is 2.74. The summed E-state index contributed by atoms with van der Waals surface area (Å²) in [4.78, 5) is 11.6. The van der Waals surface area contributed by atoms with Crippen molar-refractivity contribution in [1.82, 2.24) is 10.6 Å². The Morgan fingerprint density at radius 1 is 1.47 bits per heavy atom. The lowest BCUT2D eigenvalue weighted by Crippen LogP contribution is -2.37. The van der Waals surface area contributed by atoms with Crippen molar-refractivity contribution in [2.24, 2.45) is 0 Å². The van der Waals surface area contributed by atoms with Gasteiger partial charge in [0.1, 0.15) is 0 Å². The van der Waals surface area contributed by atoms with E-state index in [9.17, 15) is 13.2 Å². The number of rotatable bonds is 5. The van der Waals surface area contributed by atoms with Crippen LogP contribution < -0.4 is 10.6 Å². The van der Waals surface area contributed by atoms with Crippen molar-refractivity contribution in [2.45, 2.75) is 18.1 Å². The van der Waals surface area contributed by atoms with E-state index < -0.39 is 15.7 Å². The largest absolute Gasteiger partial charge is 0.440 e. The van der Waals surface area contributed by atoms with Crippen LogP contribution in [0, 0.1) is 0 Å². The van der Waals surface area contributed by atoms with Gasteiger partial charge in [-0.05, 0) is 26.1 Å². The number of carbonyl (C=O) groups is 1. The molecule has 0 spiro atoms. The first kappa shape index (κ1) is 13.7. The summed E-state index contributed by atoms with van der Waals surface area (Å²) < 4.78 is 27.2. The summed E-state index contributed by atoms with van der Waals surface area (Å²) in [6.07, 6.45) is 1.02. The van der Waals surface area contributed by atoms with Crippen molar-refractivity contribution in [3.63, 3.8) is 0 Å². The molecule has 0 bridgehead atoms. The van der Waals surface area contributed by atoms with Crippen molar-refractivity contribution >= 4 is 15.7 Å². The molecule has 1 heterocycles. The molecule has 7 heteroatoms. The number of amides is 1. The van der Waals surface area contributed by atoms with Crippen LogP contribution in [0.3, 0.4) is 0 Å². The Morgan fingerprint density at radius 3 is 2.59 bits per heavy atom. The van der Waals surface area contributed by atoms with Gasteiger partial charge in [-0.25, -0.2) is 8.42 Å². The smallest absolute Gasteiger partial charge is 0.287 e. The first-order valence-electron chi connectivity index (χ1n) is 5.10. The van der Waals surface area contributed by atoms with Crippen LogP contribution in [0.2, 0.25) is 0 Å². The predicted octanol–water partition coefficient (Wildman–Crippen LogP) is 0.0208. The predicted molar refractivity (Wildman–Crippen MR) is 62.7 cm³/mol. The van der Waals surface area contributed by atoms with E-state index in [4.69, 9.17) is 4.42 Å². The standard InChI is InChI=1S/C10H16N2O4S/c1-7(11-2)6-12-10(13)8-4-5-9(16-8)17(3,14)15/h4-5,7,11H,6H2,1-3H3,(H,12,13). The highest BCUT2D eigenvalue weighted by atomic mass is 32.2. The van der Waals surface area contributed by atoms with Gasteiger partial charge in [0.25, 0.3) is 5.91 Å². The third-order valence-corrected chi connectivity index (χ3v) is 3.18. The molecule has 0 fully saturated rings. The summed E-state index contributed by atoms with van der Waals surface area (Å²) in [6, 6.07) is 2.74. The molecule has 96 valence electrons. The zero-order valence-corrected chi connectivity index (χ0v) is 10.8. The molecule has 17 heavy (non-hydrogen) atoms. The molecular formula is C10H16N2O4S. The van der Waals surface area contributed by atoms with Crippen LogP contribution in [0.15, 0.2) is 21.6 Å². The van der Waals surface area contributed by atoms with E-state index in [1.165, 1.54) is 12.1 Å². The van der Waals surface area contributed by atoms with E-state index in [0.29, 0.717) is 6.54 Å². The minimum atomic E-state index is -3.41. The van der Waals surface area contributed by atoms with Crippen LogP contribution in [0.25, 0.3) is 0 Å². The number of likely N-dealkylation sites (N-methyl/N-ethyl adjacent to an activating group) is 1. The highest BCUT2D eigenvalue weighted by Gasteiger charge is 2.16. The highest BCUT2D eigenvalue weighted by molar-refractivity contribution is 7.90. The Balaban J connectivity index is 2.68. The van der Waals surface area contributed by atoms with Crippen molar-refractivity contribution in [3.05, 3.63) is 17.9 Å². The lowest BCUT2D eigenvalue weighted by atomic mass is 10.3. The summed E-state index contributed by atoms with van der Waals surface area (Å²) in [7, 11) is -1.63. The minimum Gasteiger partial charge on any atom is -0.440 e. The average molecular weight is 260 g/mol. The number of sulfone groups is 1. The Kier molecular flexibility index (Phi) is 4.30. The third kappa shape index (κ3) is 3.86. The van der Waals surface area contributed by atoms with Gasteiger partial charge in [-0.15, -0.1) is 0 Å². The second-order valence-electron chi connectivity index (χ2n) is 3.79. The molecule has 1 aromatic heterocycles. The van der Waals surface area contributed by atoms with E-state index in [-0.39, 0.29) is 16.9 Å². The Hall–Kier alpha value is -1.34. The molecule has 0 aliphatic rings. The SMILES string of the molecule is CNC(C)CNC(=O)c1ccc(S(C)(=O)=O)o1. The molecular weight excluding hydrogens is 244 g/mol. The summed E-state index contributed by atoms with van der Waals surface area (Å²) in [5.74, 6) is -0.435. The molecule has 1 aromatic rings. The monoisotopic (exact) mass is 260 g/mol. The van der Waals surface area contributed by atoms with Crippen LogP contribution in [0.5, 0.6) is 0 Å². The summed E-state index contributed by atoms with van der Waals surface area (Å²) in [6.45, 7) is 2.34. The number of furan rings is 1. The molecule has 1 unspecified atom stereocenters. The maximum atomic E-state index is 11.6. The molecule has 1 atom stereocenters. The number of carbonyl (C=O) groups excluding carboxylic acids is 1. The Labute approximate surface area is 100 Å². The van der Waals surface area contributed by atoms with Gasteiger partial charge in [0.15, 0.2) is 5.76 Å². The summed E-state index contributed by atoms with van der Waals surface area (Å²) >= 11 is 0. The quantitative estimate of drug-likeness (QED) is 0.779. The topological polar surface area (TPSA) is 88.4 Å². The fourth-order valence-electron chi connectivity index (χ4n) is 1.08. The van der Waals surface area contributed by atoms with Gasteiger partial charge >= 0.3 is 0 Å². The van der Waals surface area contributed by atoms with Crippen molar-refractivity contribution in [2.75, 3.05) is 19.8 Å². The third-order valence-electron chi connectivity index (χ3n) is 2.23. The van der Waals surface area contributed by atoms with Crippen LogP contribution in [0.1, 0.15) is 17.5 Å². The highest BCUT2D eigenvalue weighted by Crippen LogP contribution is 2.13. The van der Waals surface area contributed by atoms with E-state index in [1.807, 2.05) is 6.92 Å². The molecule has 0 saturated carbocycles. The van der Waals surface area contributed by atoms with E-state index in [2.05, 4.69) is 10.6 Å². The lowest BCUT2D eigenvalue weighted by Gasteiger charge is -2.09. The van der Waals surface area contributed by atoms with Crippen LogP contribution in [-0.2, 0) is 9.84 Å². The molecule has 6 nitrogen and oxygen atoms in total. The second kappa shape index (κ2) is 5.33. The van der Waals surface area contributed by atoms with E-state index in [1.54, 1.807) is 7.05 Å². The van der Waals surface area contributed by atoms with Gasteiger partial charge < -0.3 is 15.1 Å². The van der Waals surface area contributed by atoms with Crippen molar-refractivity contribution in [1.29, 1.82) is 0 Å². The summed E-state index contributed by atoms with van der Waals surface area (Å²) in [5.41, 5.74) is 0. The molecule has 0 aliphatic carbocycles. The number of hydrogen-bond donors (Lipinski definition) is 2. The maximum Gasteiger partial charge on any atom is 0.287 e. The Morgan fingerprint density at radius 2 is 2.12 bits per heavy atom. The molecule has 2 N–H and O–H groups in total. The first-order valence-corrected chi connectivity index (χ1v) is 6.99. The molecule has 0 radical (unpaired) electrons.